The number of nitrogens with two attached hydrogens (primary N) is 1. The summed E-state index contributed by atoms with van der Waals surface area (Å²) in [4.78, 5) is 16.8. The number of aromatic nitrogens is 4. The molecule has 0 aliphatic heterocycles. The van der Waals surface area contributed by atoms with Crippen molar-refractivity contribution in [3.8, 4) is 11.5 Å². The van der Waals surface area contributed by atoms with Crippen molar-refractivity contribution in [2.24, 2.45) is 0 Å². The fraction of sp³-hybridized carbons (Fsp3) is 0.0455. The van der Waals surface area contributed by atoms with Crippen molar-refractivity contribution < 1.29 is 9.32 Å². The van der Waals surface area contributed by atoms with E-state index in [1.807, 2.05) is 79.9 Å². The molecular weight excluding hydrogens is 380 g/mol. The van der Waals surface area contributed by atoms with Gasteiger partial charge in [0.05, 0.1) is 6.20 Å². The van der Waals surface area contributed by atoms with E-state index >= 15 is 0 Å². The number of para-hydroxylation sites is 1. The number of amides is 1. The monoisotopic (exact) mass is 400 g/mol. The van der Waals surface area contributed by atoms with Crippen LogP contribution in [0, 0.1) is 6.92 Å². The Hall–Kier alpha value is -4.33. The van der Waals surface area contributed by atoms with Gasteiger partial charge < -0.3 is 15.6 Å². The Bertz CT molecular complexity index is 1260. The van der Waals surface area contributed by atoms with Crippen LogP contribution in [0.15, 0.2) is 83.6 Å². The second-order valence-corrected chi connectivity index (χ2v) is 6.58. The smallest absolute Gasteiger partial charge is 0.274 e. The molecule has 0 aliphatic rings. The SMILES string of the molecule is Cc1ccc(-c2n[nH]o2)cc1NC(=O)c1cnc2ccccn12.Nc1ccccc1. The van der Waals surface area contributed by atoms with Gasteiger partial charge in [-0.05, 0) is 48.9 Å². The molecule has 0 radical (unpaired) electrons. The van der Waals surface area contributed by atoms with E-state index in [9.17, 15) is 4.79 Å². The molecule has 30 heavy (non-hydrogen) atoms. The summed E-state index contributed by atoms with van der Waals surface area (Å²) in [5, 5.41) is 9.18. The average molecular weight is 400 g/mol. The number of aryl methyl sites for hydroxylation is 1. The number of rotatable bonds is 3. The van der Waals surface area contributed by atoms with Gasteiger partial charge in [-0.15, -0.1) is 10.4 Å². The molecular formula is C22H20N6O2. The number of imidazole rings is 1. The zero-order chi connectivity index (χ0) is 20.9. The van der Waals surface area contributed by atoms with E-state index in [2.05, 4.69) is 20.7 Å². The first-order valence-electron chi connectivity index (χ1n) is 9.26. The Morgan fingerprint density at radius 3 is 2.53 bits per heavy atom. The molecule has 0 bridgehead atoms. The highest BCUT2D eigenvalue weighted by Gasteiger charge is 2.14. The maximum Gasteiger partial charge on any atom is 0.274 e. The Morgan fingerprint density at radius 2 is 1.87 bits per heavy atom. The first kappa shape index (κ1) is 19.0. The average Bonchev–Trinajstić information content (AvgIpc) is 3.14. The number of carbonyl (C=O) groups excluding carboxylic acids is 1. The fourth-order valence-electron chi connectivity index (χ4n) is 2.84. The van der Waals surface area contributed by atoms with Gasteiger partial charge in [-0.3, -0.25) is 9.20 Å². The number of nitrogen functional groups attached to an aromatic ring is 1. The first-order chi connectivity index (χ1) is 14.6. The maximum absolute atomic E-state index is 12.6. The normalized spacial score (nSPS) is 10.4. The molecule has 3 aromatic heterocycles. The summed E-state index contributed by atoms with van der Waals surface area (Å²) in [6.45, 7) is 1.93. The summed E-state index contributed by atoms with van der Waals surface area (Å²) < 4.78 is 6.77. The standard InChI is InChI=1S/C16H13N5O2.C6H7N/c1-10-5-6-11(16-19-20-23-16)8-12(10)18-15(22)13-9-17-14-4-2-3-7-21(13)14;7-6-4-2-1-3-5-6/h2-9,20H,1H3,(H,18,22);1-5H,7H2. The number of aromatic amines is 1. The van der Waals surface area contributed by atoms with Crippen molar-refractivity contribution in [3.05, 3.63) is 90.4 Å². The van der Waals surface area contributed by atoms with Crippen LogP contribution in [0.25, 0.3) is 17.1 Å². The lowest BCUT2D eigenvalue weighted by atomic mass is 10.1. The van der Waals surface area contributed by atoms with E-state index in [-0.39, 0.29) is 5.91 Å². The van der Waals surface area contributed by atoms with Crippen LogP contribution >= 0.6 is 0 Å². The van der Waals surface area contributed by atoms with Gasteiger partial charge in [0.1, 0.15) is 11.3 Å². The molecule has 150 valence electrons. The fourth-order valence-corrected chi connectivity index (χ4v) is 2.84. The minimum atomic E-state index is -0.224. The lowest BCUT2D eigenvalue weighted by Gasteiger charge is -2.10. The molecule has 1 amide bonds. The van der Waals surface area contributed by atoms with E-state index in [0.717, 1.165) is 22.5 Å². The van der Waals surface area contributed by atoms with Gasteiger partial charge in [-0.25, -0.2) is 4.98 Å². The number of carbonyl (C=O) groups is 1. The largest absolute Gasteiger partial charge is 0.399 e. The van der Waals surface area contributed by atoms with E-state index in [1.54, 1.807) is 10.6 Å². The van der Waals surface area contributed by atoms with Crippen molar-refractivity contribution in [3.63, 3.8) is 0 Å². The molecule has 0 saturated heterocycles. The number of hydrogen-bond acceptors (Lipinski definition) is 5. The van der Waals surface area contributed by atoms with Crippen LogP contribution in [0.4, 0.5) is 11.4 Å². The summed E-state index contributed by atoms with van der Waals surface area (Å²) >= 11 is 0. The van der Waals surface area contributed by atoms with Crippen molar-refractivity contribution in [1.29, 1.82) is 0 Å². The number of hydrogen-bond donors (Lipinski definition) is 3. The molecule has 2 aromatic carbocycles. The second kappa shape index (κ2) is 8.36. The third kappa shape index (κ3) is 4.07. The van der Waals surface area contributed by atoms with Gasteiger partial charge in [0.2, 0.25) is 0 Å². The summed E-state index contributed by atoms with van der Waals surface area (Å²) in [6.07, 6.45) is 3.37. The van der Waals surface area contributed by atoms with Crippen LogP contribution in [0.2, 0.25) is 0 Å². The molecule has 0 saturated carbocycles. The van der Waals surface area contributed by atoms with Crippen LogP contribution in [0.1, 0.15) is 16.1 Å². The van der Waals surface area contributed by atoms with Crippen molar-refractivity contribution in [2.75, 3.05) is 11.1 Å². The summed E-state index contributed by atoms with van der Waals surface area (Å²) in [5.74, 6) is 0.272. The third-order valence-corrected chi connectivity index (χ3v) is 4.47. The molecule has 0 fully saturated rings. The minimum Gasteiger partial charge on any atom is -0.399 e. The van der Waals surface area contributed by atoms with Gasteiger partial charge in [0.25, 0.3) is 11.8 Å². The maximum atomic E-state index is 12.6. The summed E-state index contributed by atoms with van der Waals surface area (Å²) in [7, 11) is 0. The number of pyridine rings is 1. The zero-order valence-electron chi connectivity index (χ0n) is 16.2. The van der Waals surface area contributed by atoms with E-state index in [0.29, 0.717) is 17.3 Å². The molecule has 8 heteroatoms. The highest BCUT2D eigenvalue weighted by atomic mass is 16.5. The number of benzene rings is 2. The Kier molecular flexibility index (Phi) is 5.29. The third-order valence-electron chi connectivity index (χ3n) is 4.47. The molecule has 0 spiro atoms. The number of H-pyrrole nitrogens is 1. The van der Waals surface area contributed by atoms with Gasteiger partial charge in [-0.1, -0.05) is 30.3 Å². The van der Waals surface area contributed by atoms with Crippen LogP contribution in [0.5, 0.6) is 0 Å². The van der Waals surface area contributed by atoms with Gasteiger partial charge in [0, 0.05) is 23.1 Å². The number of nitrogens with one attached hydrogen (secondary N) is 2. The van der Waals surface area contributed by atoms with E-state index in [4.69, 9.17) is 10.3 Å². The summed E-state index contributed by atoms with van der Waals surface area (Å²) in [6, 6.07) is 20.7. The second-order valence-electron chi connectivity index (χ2n) is 6.58. The molecule has 3 heterocycles. The zero-order valence-corrected chi connectivity index (χ0v) is 16.2. The molecule has 4 N–H and O–H groups in total. The highest BCUT2D eigenvalue weighted by molar-refractivity contribution is 6.04. The molecule has 5 rings (SSSR count). The molecule has 0 atom stereocenters. The quantitative estimate of drug-likeness (QED) is 0.394. The summed E-state index contributed by atoms with van der Waals surface area (Å²) in [5.41, 5.74) is 9.83. The van der Waals surface area contributed by atoms with Crippen LogP contribution in [-0.4, -0.2) is 25.7 Å². The first-order valence-corrected chi connectivity index (χ1v) is 9.26. The predicted octanol–water partition coefficient (Wildman–Crippen LogP) is 4.15. The van der Waals surface area contributed by atoms with Crippen molar-refractivity contribution in [1.82, 2.24) is 19.8 Å². The highest BCUT2D eigenvalue weighted by Crippen LogP contribution is 2.24. The molecule has 5 aromatic rings. The topological polar surface area (TPSA) is 114 Å². The van der Waals surface area contributed by atoms with Gasteiger partial charge in [0.15, 0.2) is 0 Å². The van der Waals surface area contributed by atoms with Gasteiger partial charge in [-0.2, -0.15) is 0 Å². The lowest BCUT2D eigenvalue weighted by molar-refractivity contribution is 0.102. The number of anilines is 2. The van der Waals surface area contributed by atoms with Crippen molar-refractivity contribution in [2.45, 2.75) is 6.92 Å². The van der Waals surface area contributed by atoms with Gasteiger partial charge >= 0.3 is 0 Å². The minimum absolute atomic E-state index is 0.224. The lowest BCUT2D eigenvalue weighted by Crippen LogP contribution is -2.15. The Labute approximate surface area is 172 Å². The van der Waals surface area contributed by atoms with Crippen LogP contribution < -0.4 is 11.1 Å². The van der Waals surface area contributed by atoms with E-state index < -0.39 is 0 Å². The Balaban J connectivity index is 0.000000265. The van der Waals surface area contributed by atoms with Crippen molar-refractivity contribution >= 4 is 22.9 Å². The number of nitrogens with zero attached hydrogens (tertiary/aromatic N) is 3. The Morgan fingerprint density at radius 1 is 1.10 bits per heavy atom. The number of fused-ring (bicyclic) bond motifs is 1. The van der Waals surface area contributed by atoms with Crippen LogP contribution in [-0.2, 0) is 0 Å². The van der Waals surface area contributed by atoms with Crippen LogP contribution in [0.3, 0.4) is 0 Å². The molecule has 0 unspecified atom stereocenters. The molecule has 8 nitrogen and oxygen atoms in total. The molecule has 0 aliphatic carbocycles. The predicted molar refractivity (Wildman–Crippen MR) is 115 cm³/mol. The van der Waals surface area contributed by atoms with E-state index in [1.165, 1.54) is 0 Å².